The minimum Gasteiger partial charge on any atom is -0.302 e. The molecule has 1 atom stereocenters. The summed E-state index contributed by atoms with van der Waals surface area (Å²) in [4.78, 5) is 17.3. The first-order valence-electron chi connectivity index (χ1n) is 6.68. The van der Waals surface area contributed by atoms with E-state index in [4.69, 9.17) is 4.28 Å². The predicted molar refractivity (Wildman–Crippen MR) is 79.6 cm³/mol. The molecule has 4 rings (SSSR count). The van der Waals surface area contributed by atoms with E-state index in [1.807, 2.05) is 18.3 Å². The molecular weight excluding hydrogens is 286 g/mol. The van der Waals surface area contributed by atoms with Crippen molar-refractivity contribution >= 4 is 17.8 Å². The van der Waals surface area contributed by atoms with Gasteiger partial charge in [-0.05, 0) is 11.6 Å². The summed E-state index contributed by atoms with van der Waals surface area (Å²) in [6.07, 6.45) is 5.81. The summed E-state index contributed by atoms with van der Waals surface area (Å²) in [5.74, 6) is 0.155. The summed E-state index contributed by atoms with van der Waals surface area (Å²) in [6.45, 7) is 0. The van der Waals surface area contributed by atoms with Crippen LogP contribution >= 0.6 is 12.0 Å². The zero-order chi connectivity index (χ0) is 14.4. The average Bonchev–Trinajstić information content (AvgIpc) is 3.17. The summed E-state index contributed by atoms with van der Waals surface area (Å²) in [6, 6.07) is 8.16. The normalized spacial score (nSPS) is 19.4. The van der Waals surface area contributed by atoms with E-state index in [-0.39, 0.29) is 11.7 Å². The third-order valence-corrected chi connectivity index (χ3v) is 4.63. The molecule has 2 aliphatic heterocycles. The maximum absolute atomic E-state index is 12.5. The molecule has 0 fully saturated rings. The number of nitrogens with zero attached hydrogens (tertiary/aromatic N) is 3. The number of carbonyl (C=O) groups is 1. The van der Waals surface area contributed by atoms with Gasteiger partial charge in [0.1, 0.15) is 0 Å². The number of fused-ring (bicyclic) bond motifs is 3. The number of rotatable bonds is 3. The molecule has 1 unspecified atom stereocenters. The van der Waals surface area contributed by atoms with Crippen molar-refractivity contribution in [3.63, 3.8) is 0 Å². The molecule has 0 radical (unpaired) electrons. The maximum atomic E-state index is 12.5. The van der Waals surface area contributed by atoms with Crippen molar-refractivity contribution in [1.29, 1.82) is 0 Å². The predicted octanol–water partition coefficient (Wildman–Crippen LogP) is 2.64. The van der Waals surface area contributed by atoms with Crippen molar-refractivity contribution in [3.05, 3.63) is 59.2 Å². The number of aromatic nitrogens is 2. The van der Waals surface area contributed by atoms with E-state index in [2.05, 4.69) is 21.7 Å². The van der Waals surface area contributed by atoms with Crippen LogP contribution in [0.2, 0.25) is 0 Å². The van der Waals surface area contributed by atoms with Gasteiger partial charge >= 0.3 is 0 Å². The molecule has 1 aromatic carbocycles. The van der Waals surface area contributed by atoms with Gasteiger partial charge in [0.15, 0.2) is 5.78 Å². The minimum atomic E-state index is 0.0589. The molecule has 106 valence electrons. The highest BCUT2D eigenvalue weighted by Gasteiger charge is 2.32. The Labute approximate surface area is 126 Å². The fourth-order valence-corrected chi connectivity index (χ4v) is 3.46. The smallest absolute Gasteiger partial charge is 0.174 e. The molecule has 2 aliphatic rings. The van der Waals surface area contributed by atoms with E-state index in [0.717, 1.165) is 23.4 Å². The lowest BCUT2D eigenvalue weighted by atomic mass is 9.93. The number of imidazole rings is 1. The molecule has 1 aromatic heterocycles. The summed E-state index contributed by atoms with van der Waals surface area (Å²) < 4.78 is 7.26. The molecule has 0 aliphatic carbocycles. The van der Waals surface area contributed by atoms with E-state index < -0.39 is 0 Å². The average molecular weight is 299 g/mol. The largest absolute Gasteiger partial charge is 0.302 e. The van der Waals surface area contributed by atoms with Gasteiger partial charge in [0.05, 0.1) is 34.7 Å². The molecular formula is C15H13N3O2S. The van der Waals surface area contributed by atoms with Gasteiger partial charge in [-0.1, -0.05) is 18.2 Å². The molecule has 3 heterocycles. The van der Waals surface area contributed by atoms with E-state index in [1.54, 1.807) is 24.6 Å². The van der Waals surface area contributed by atoms with Crippen LogP contribution in [0.25, 0.3) is 5.69 Å². The Balaban J connectivity index is 1.67. The number of allylic oxidation sites excluding steroid dienone is 1. The van der Waals surface area contributed by atoms with Crippen molar-refractivity contribution in [2.75, 3.05) is 7.05 Å². The van der Waals surface area contributed by atoms with E-state index >= 15 is 0 Å². The Kier molecular flexibility index (Phi) is 2.87. The van der Waals surface area contributed by atoms with Crippen molar-refractivity contribution < 1.29 is 9.08 Å². The fraction of sp³-hybridized carbons (Fsp3) is 0.200. The number of benzene rings is 1. The molecule has 5 nitrogen and oxygen atoms in total. The number of hydrogen-bond donors (Lipinski definition) is 0. The van der Waals surface area contributed by atoms with Crippen molar-refractivity contribution in [2.24, 2.45) is 0 Å². The molecule has 0 spiro atoms. The number of hydroxylamine groups is 2. The topological polar surface area (TPSA) is 47.4 Å². The van der Waals surface area contributed by atoms with Gasteiger partial charge < -0.3 is 4.57 Å². The van der Waals surface area contributed by atoms with Crippen LogP contribution in [0.3, 0.4) is 0 Å². The molecule has 6 heteroatoms. The highest BCUT2D eigenvalue weighted by atomic mass is 32.2. The van der Waals surface area contributed by atoms with Crippen LogP contribution in [0.5, 0.6) is 0 Å². The second-order valence-electron chi connectivity index (χ2n) is 5.12. The Bertz CT molecular complexity index is 753. The van der Waals surface area contributed by atoms with Crippen LogP contribution in [0.15, 0.2) is 47.9 Å². The summed E-state index contributed by atoms with van der Waals surface area (Å²) in [5.41, 5.74) is 3.37. The number of Topliss-reactive ketones (excluding diaryl/α,β-unsaturated/α-hetero) is 1. The number of hydrogen-bond acceptors (Lipinski definition) is 5. The van der Waals surface area contributed by atoms with Crippen LogP contribution in [0, 0.1) is 0 Å². The van der Waals surface area contributed by atoms with Gasteiger partial charge in [-0.2, -0.15) is 4.28 Å². The summed E-state index contributed by atoms with van der Waals surface area (Å²) >= 11 is 1.12. The highest BCUT2D eigenvalue weighted by Crippen LogP contribution is 2.41. The van der Waals surface area contributed by atoms with Crippen LogP contribution < -0.4 is 0 Å². The first-order chi connectivity index (χ1) is 10.2. The third kappa shape index (κ3) is 1.99. The van der Waals surface area contributed by atoms with Gasteiger partial charge in [0, 0.05) is 31.8 Å². The van der Waals surface area contributed by atoms with Gasteiger partial charge in [-0.25, -0.2) is 10.0 Å². The summed E-state index contributed by atoms with van der Waals surface area (Å²) in [5, 5.41) is 1.55. The van der Waals surface area contributed by atoms with Gasteiger partial charge in [0.25, 0.3) is 0 Å². The molecule has 0 saturated carbocycles. The number of carbonyl (C=O) groups excluding carboxylic acids is 1. The van der Waals surface area contributed by atoms with Crippen LogP contribution in [-0.4, -0.2) is 27.4 Å². The molecule has 2 aromatic rings. The van der Waals surface area contributed by atoms with Crippen molar-refractivity contribution in [2.45, 2.75) is 12.3 Å². The Morgan fingerprint density at radius 2 is 2.29 bits per heavy atom. The monoisotopic (exact) mass is 299 g/mol. The van der Waals surface area contributed by atoms with Crippen LogP contribution in [0.4, 0.5) is 0 Å². The lowest BCUT2D eigenvalue weighted by Gasteiger charge is -2.09. The zero-order valence-corrected chi connectivity index (χ0v) is 12.2. The van der Waals surface area contributed by atoms with E-state index in [0.29, 0.717) is 11.3 Å². The standard InChI is InChI=1S/C15H13N3O2S/c1-17-8-15(21-20-17)14(19)6-11-10-4-2-3-5-12(10)18-9-16-7-13(11)18/h2-5,7-9,11H,6H2,1H3. The summed E-state index contributed by atoms with van der Waals surface area (Å²) in [7, 11) is 1.77. The van der Waals surface area contributed by atoms with Crippen LogP contribution in [0.1, 0.15) is 23.6 Å². The SMILES string of the molecule is CN1C=C(C(=O)CC2c3ccccc3-n3cncc32)SO1. The molecule has 0 bridgehead atoms. The first kappa shape index (κ1) is 12.7. The van der Waals surface area contributed by atoms with Gasteiger partial charge in [-0.3, -0.25) is 4.79 Å². The first-order valence-corrected chi connectivity index (χ1v) is 7.42. The molecule has 0 saturated heterocycles. The van der Waals surface area contributed by atoms with E-state index in [9.17, 15) is 4.79 Å². The fourth-order valence-electron chi connectivity index (χ4n) is 2.85. The van der Waals surface area contributed by atoms with Gasteiger partial charge in [0.2, 0.25) is 0 Å². The number of ketones is 1. The highest BCUT2D eigenvalue weighted by molar-refractivity contribution is 7.99. The lowest BCUT2D eigenvalue weighted by Crippen LogP contribution is -2.07. The molecule has 0 N–H and O–H groups in total. The van der Waals surface area contributed by atoms with Crippen LogP contribution in [-0.2, 0) is 9.08 Å². The Morgan fingerprint density at radius 3 is 3.10 bits per heavy atom. The molecule has 0 amide bonds. The Morgan fingerprint density at radius 1 is 1.43 bits per heavy atom. The third-order valence-electron chi connectivity index (χ3n) is 3.80. The molecule has 21 heavy (non-hydrogen) atoms. The van der Waals surface area contributed by atoms with E-state index in [1.165, 1.54) is 5.56 Å². The van der Waals surface area contributed by atoms with Crippen molar-refractivity contribution in [1.82, 2.24) is 14.6 Å². The van der Waals surface area contributed by atoms with Crippen molar-refractivity contribution in [3.8, 4) is 5.69 Å². The maximum Gasteiger partial charge on any atom is 0.174 e. The van der Waals surface area contributed by atoms with Gasteiger partial charge in [-0.15, -0.1) is 0 Å². The second-order valence-corrected chi connectivity index (χ2v) is 5.88. The lowest BCUT2D eigenvalue weighted by molar-refractivity contribution is -0.115. The quantitative estimate of drug-likeness (QED) is 0.815. The minimum absolute atomic E-state index is 0.0589. The number of para-hydroxylation sites is 1. The zero-order valence-electron chi connectivity index (χ0n) is 11.4. The second kappa shape index (κ2) is 4.75. The Hall–Kier alpha value is -2.05.